The second kappa shape index (κ2) is 7.55. The van der Waals surface area contributed by atoms with E-state index in [-0.39, 0.29) is 12.0 Å². The highest BCUT2D eigenvalue weighted by atomic mass is 16.5. The maximum absolute atomic E-state index is 12.7. The van der Waals surface area contributed by atoms with E-state index in [1.54, 1.807) is 19.2 Å². The number of amides is 1. The van der Waals surface area contributed by atoms with Crippen molar-refractivity contribution in [3.8, 4) is 0 Å². The van der Waals surface area contributed by atoms with E-state index in [0.29, 0.717) is 30.6 Å². The van der Waals surface area contributed by atoms with Crippen molar-refractivity contribution in [2.75, 3.05) is 26.2 Å². The van der Waals surface area contributed by atoms with Crippen LogP contribution in [0.5, 0.6) is 0 Å². The number of hydrogen-bond donors (Lipinski definition) is 0. The summed E-state index contributed by atoms with van der Waals surface area (Å²) >= 11 is 0. The van der Waals surface area contributed by atoms with Crippen LogP contribution in [-0.4, -0.2) is 64.2 Å². The summed E-state index contributed by atoms with van der Waals surface area (Å²) in [5.41, 5.74) is 1.60. The molecule has 0 unspecified atom stereocenters. The average Bonchev–Trinajstić information content (AvgIpc) is 2.97. The Bertz CT molecular complexity index is 748. The lowest BCUT2D eigenvalue weighted by Gasteiger charge is -2.40. The Kier molecular flexibility index (Phi) is 4.99. The van der Waals surface area contributed by atoms with Gasteiger partial charge in [0, 0.05) is 50.7 Å². The predicted octanol–water partition coefficient (Wildman–Crippen LogP) is 1.88. The molecule has 2 aromatic heterocycles. The lowest BCUT2D eigenvalue weighted by atomic mass is 10.0. The van der Waals surface area contributed by atoms with Crippen LogP contribution in [0.3, 0.4) is 0 Å². The number of hydrogen-bond acceptors (Lipinski definition) is 6. The lowest BCUT2D eigenvalue weighted by Crippen LogP contribution is -2.50. The highest BCUT2D eigenvalue weighted by Gasteiger charge is 2.36. The number of fused-ring (bicyclic) bond motifs is 1. The van der Waals surface area contributed by atoms with Gasteiger partial charge in [-0.2, -0.15) is 0 Å². The summed E-state index contributed by atoms with van der Waals surface area (Å²) in [5.74, 6) is 0.599. The van der Waals surface area contributed by atoms with Gasteiger partial charge in [-0.3, -0.25) is 14.7 Å². The van der Waals surface area contributed by atoms with Crippen molar-refractivity contribution in [1.29, 1.82) is 0 Å². The van der Waals surface area contributed by atoms with Crippen molar-refractivity contribution in [2.24, 2.45) is 0 Å². The van der Waals surface area contributed by atoms with Gasteiger partial charge in [-0.25, -0.2) is 0 Å². The third-order valence-corrected chi connectivity index (χ3v) is 5.23. The summed E-state index contributed by atoms with van der Waals surface area (Å²) in [7, 11) is 0. The van der Waals surface area contributed by atoms with Crippen molar-refractivity contribution >= 4 is 5.91 Å². The molecule has 2 atom stereocenters. The first kappa shape index (κ1) is 17.2. The number of ether oxygens (including phenoxy) is 1. The van der Waals surface area contributed by atoms with E-state index in [9.17, 15) is 4.79 Å². The topological polar surface area (TPSA) is 71.7 Å². The van der Waals surface area contributed by atoms with Crippen LogP contribution >= 0.6 is 0 Å². The normalized spacial score (nSPS) is 24.1. The van der Waals surface area contributed by atoms with E-state index < -0.39 is 0 Å². The zero-order chi connectivity index (χ0) is 17.9. The molecule has 0 saturated carbocycles. The van der Waals surface area contributed by atoms with Gasteiger partial charge in [0.05, 0.1) is 12.7 Å². The van der Waals surface area contributed by atoms with Crippen molar-refractivity contribution in [1.82, 2.24) is 19.9 Å². The quantitative estimate of drug-likeness (QED) is 0.836. The van der Waals surface area contributed by atoms with Gasteiger partial charge < -0.3 is 14.2 Å². The molecule has 26 heavy (non-hydrogen) atoms. The zero-order valence-electron chi connectivity index (χ0n) is 15.0. The molecule has 7 heteroatoms. The SMILES string of the molecule is Cc1cc(C(=O)N2CC[C@H]3OCCN(Cc4cccnc4)[C@H]3CC2)no1. The molecule has 0 bridgehead atoms. The Balaban J connectivity index is 1.44. The van der Waals surface area contributed by atoms with E-state index in [4.69, 9.17) is 9.26 Å². The second-order valence-corrected chi connectivity index (χ2v) is 7.00. The van der Waals surface area contributed by atoms with Gasteiger partial charge in [-0.05, 0) is 31.4 Å². The highest BCUT2D eigenvalue weighted by molar-refractivity contribution is 5.92. The summed E-state index contributed by atoms with van der Waals surface area (Å²) < 4.78 is 11.1. The molecule has 2 fully saturated rings. The minimum Gasteiger partial charge on any atom is -0.375 e. The van der Waals surface area contributed by atoms with Crippen LogP contribution in [0.25, 0.3) is 0 Å². The van der Waals surface area contributed by atoms with E-state index in [1.807, 2.05) is 17.2 Å². The molecular formula is C19H24N4O3. The Morgan fingerprint density at radius 2 is 2.19 bits per heavy atom. The second-order valence-electron chi connectivity index (χ2n) is 7.00. The third-order valence-electron chi connectivity index (χ3n) is 5.23. The van der Waals surface area contributed by atoms with Crippen LogP contribution in [0.2, 0.25) is 0 Å². The van der Waals surface area contributed by atoms with Crippen LogP contribution in [0.1, 0.15) is 34.7 Å². The minimum atomic E-state index is -0.0562. The Morgan fingerprint density at radius 3 is 2.96 bits per heavy atom. The first-order chi connectivity index (χ1) is 12.7. The first-order valence-electron chi connectivity index (χ1n) is 9.18. The predicted molar refractivity (Wildman–Crippen MR) is 94.6 cm³/mol. The van der Waals surface area contributed by atoms with Crippen LogP contribution in [0, 0.1) is 6.92 Å². The fourth-order valence-corrected chi connectivity index (χ4v) is 3.92. The number of aryl methyl sites for hydroxylation is 1. The third kappa shape index (κ3) is 3.64. The monoisotopic (exact) mass is 356 g/mol. The summed E-state index contributed by atoms with van der Waals surface area (Å²) in [4.78, 5) is 21.2. The molecule has 2 aliphatic heterocycles. The van der Waals surface area contributed by atoms with Crippen molar-refractivity contribution in [3.05, 3.63) is 47.6 Å². The number of likely N-dealkylation sites (tertiary alicyclic amines) is 1. The average molecular weight is 356 g/mol. The molecular weight excluding hydrogens is 332 g/mol. The fourth-order valence-electron chi connectivity index (χ4n) is 3.92. The molecule has 4 heterocycles. The van der Waals surface area contributed by atoms with E-state index in [2.05, 4.69) is 21.1 Å². The number of pyridine rings is 1. The van der Waals surface area contributed by atoms with Crippen LogP contribution in [-0.2, 0) is 11.3 Å². The molecule has 2 saturated heterocycles. The fraction of sp³-hybridized carbons (Fsp3) is 0.526. The molecule has 1 amide bonds. The van der Waals surface area contributed by atoms with Gasteiger partial charge in [0.1, 0.15) is 5.76 Å². The Hall–Kier alpha value is -2.25. The number of nitrogens with zero attached hydrogens (tertiary/aromatic N) is 4. The largest absolute Gasteiger partial charge is 0.375 e. The molecule has 0 aliphatic carbocycles. The van der Waals surface area contributed by atoms with Crippen LogP contribution < -0.4 is 0 Å². The molecule has 0 N–H and O–H groups in total. The van der Waals surface area contributed by atoms with Gasteiger partial charge in [-0.15, -0.1) is 0 Å². The summed E-state index contributed by atoms with van der Waals surface area (Å²) in [6, 6.07) is 6.10. The Morgan fingerprint density at radius 1 is 1.31 bits per heavy atom. The smallest absolute Gasteiger partial charge is 0.276 e. The van der Waals surface area contributed by atoms with Crippen LogP contribution in [0.4, 0.5) is 0 Å². The van der Waals surface area contributed by atoms with Gasteiger partial charge >= 0.3 is 0 Å². The maximum Gasteiger partial charge on any atom is 0.276 e. The summed E-state index contributed by atoms with van der Waals surface area (Å²) in [5, 5.41) is 3.87. The molecule has 138 valence electrons. The first-order valence-corrected chi connectivity index (χ1v) is 9.18. The number of carbonyl (C=O) groups excluding carboxylic acids is 1. The molecule has 2 aliphatic rings. The molecule has 7 nitrogen and oxygen atoms in total. The number of aromatic nitrogens is 2. The van der Waals surface area contributed by atoms with Gasteiger partial charge in [0.25, 0.3) is 5.91 Å². The van der Waals surface area contributed by atoms with Gasteiger partial charge in [-0.1, -0.05) is 11.2 Å². The molecule has 0 spiro atoms. The summed E-state index contributed by atoms with van der Waals surface area (Å²) in [6.45, 7) is 5.70. The Labute approximate surface area is 152 Å². The van der Waals surface area contributed by atoms with Gasteiger partial charge in [0.2, 0.25) is 0 Å². The molecule has 0 radical (unpaired) electrons. The minimum absolute atomic E-state index is 0.0562. The molecule has 2 aromatic rings. The number of morpholine rings is 1. The van der Waals surface area contributed by atoms with Crippen molar-refractivity contribution in [3.63, 3.8) is 0 Å². The van der Waals surface area contributed by atoms with E-state index in [1.165, 1.54) is 5.56 Å². The lowest BCUT2D eigenvalue weighted by molar-refractivity contribution is -0.0746. The van der Waals surface area contributed by atoms with Crippen molar-refractivity contribution in [2.45, 2.75) is 38.5 Å². The molecule has 4 rings (SSSR count). The highest BCUT2D eigenvalue weighted by Crippen LogP contribution is 2.26. The number of carbonyl (C=O) groups is 1. The standard InChI is InChI=1S/C19H24N4O3/c1-14-11-16(21-26-14)19(24)22-7-4-17-18(5-8-22)25-10-9-23(17)13-15-3-2-6-20-12-15/h2-3,6,11-12,17-18H,4-5,7-10,13H2,1H3/t17-,18+/m0/s1. The van der Waals surface area contributed by atoms with Crippen molar-refractivity contribution < 1.29 is 14.1 Å². The van der Waals surface area contributed by atoms with E-state index in [0.717, 1.165) is 32.5 Å². The van der Waals surface area contributed by atoms with Crippen LogP contribution in [0.15, 0.2) is 35.1 Å². The van der Waals surface area contributed by atoms with E-state index >= 15 is 0 Å². The maximum atomic E-state index is 12.7. The van der Waals surface area contributed by atoms with Gasteiger partial charge in [0.15, 0.2) is 5.69 Å². The summed E-state index contributed by atoms with van der Waals surface area (Å²) in [6.07, 6.45) is 5.62. The molecule has 0 aromatic carbocycles. The number of rotatable bonds is 3. The zero-order valence-corrected chi connectivity index (χ0v) is 15.0.